The van der Waals surface area contributed by atoms with Crippen LogP contribution in [0.3, 0.4) is 0 Å². The van der Waals surface area contributed by atoms with Crippen molar-refractivity contribution in [1.82, 2.24) is 10.3 Å². The predicted octanol–water partition coefficient (Wildman–Crippen LogP) is 3.55. The van der Waals surface area contributed by atoms with Crippen molar-refractivity contribution >= 4 is 28.8 Å². The molecule has 2 heterocycles. The molecule has 5 nitrogen and oxygen atoms in total. The minimum atomic E-state index is -0.304. The van der Waals surface area contributed by atoms with Gasteiger partial charge in [-0.2, -0.15) is 0 Å². The van der Waals surface area contributed by atoms with Gasteiger partial charge in [0.1, 0.15) is 0 Å². The molecule has 1 aliphatic heterocycles. The summed E-state index contributed by atoms with van der Waals surface area (Å²) in [7, 11) is 0. The van der Waals surface area contributed by atoms with Gasteiger partial charge in [-0.1, -0.05) is 26.0 Å². The van der Waals surface area contributed by atoms with Crippen molar-refractivity contribution in [3.8, 4) is 0 Å². The van der Waals surface area contributed by atoms with E-state index in [-0.39, 0.29) is 24.2 Å². The zero-order valence-electron chi connectivity index (χ0n) is 15.7. The Kier molecular flexibility index (Phi) is 5.41. The number of carbonyl (C=O) groups excluding carboxylic acids is 2. The van der Waals surface area contributed by atoms with Crippen molar-refractivity contribution in [3.63, 3.8) is 0 Å². The summed E-state index contributed by atoms with van der Waals surface area (Å²) < 4.78 is 0. The molecule has 0 radical (unpaired) electrons. The summed E-state index contributed by atoms with van der Waals surface area (Å²) >= 11 is 1.60. The first-order valence-corrected chi connectivity index (χ1v) is 9.77. The van der Waals surface area contributed by atoms with Gasteiger partial charge in [0, 0.05) is 23.5 Å². The lowest BCUT2D eigenvalue weighted by Gasteiger charge is -2.17. The van der Waals surface area contributed by atoms with Crippen LogP contribution in [0.4, 0.5) is 5.69 Å². The van der Waals surface area contributed by atoms with Crippen LogP contribution in [0.1, 0.15) is 47.3 Å². The third kappa shape index (κ3) is 3.96. The third-order valence-electron chi connectivity index (χ3n) is 4.79. The minimum absolute atomic E-state index is 0.00672. The molecule has 1 saturated heterocycles. The van der Waals surface area contributed by atoms with Gasteiger partial charge < -0.3 is 10.2 Å². The number of hydrogen-bond donors (Lipinski definition) is 1. The van der Waals surface area contributed by atoms with Gasteiger partial charge in [-0.05, 0) is 37.5 Å². The van der Waals surface area contributed by atoms with Crippen LogP contribution in [0, 0.1) is 19.8 Å². The molecule has 26 heavy (non-hydrogen) atoms. The van der Waals surface area contributed by atoms with Crippen molar-refractivity contribution in [2.24, 2.45) is 5.92 Å². The van der Waals surface area contributed by atoms with Crippen LogP contribution in [0.25, 0.3) is 0 Å². The van der Waals surface area contributed by atoms with E-state index in [1.807, 2.05) is 26.0 Å². The number of rotatable bonds is 5. The molecule has 3 rings (SSSR count). The fourth-order valence-electron chi connectivity index (χ4n) is 3.22. The smallest absolute Gasteiger partial charge is 0.227 e. The van der Waals surface area contributed by atoms with Crippen molar-refractivity contribution in [3.05, 3.63) is 45.4 Å². The highest BCUT2D eigenvalue weighted by Gasteiger charge is 2.35. The summed E-state index contributed by atoms with van der Waals surface area (Å²) in [6.45, 7) is 9.11. The predicted molar refractivity (Wildman–Crippen MR) is 104 cm³/mol. The lowest BCUT2D eigenvalue weighted by atomic mass is 10.0. The maximum Gasteiger partial charge on any atom is 0.227 e. The molecule has 0 spiro atoms. The Morgan fingerprint density at radius 2 is 2.00 bits per heavy atom. The third-order valence-corrected chi connectivity index (χ3v) is 5.86. The van der Waals surface area contributed by atoms with Crippen molar-refractivity contribution in [2.45, 2.75) is 46.6 Å². The molecule has 6 heteroatoms. The number of nitrogens with one attached hydrogen (secondary N) is 1. The normalized spacial score (nSPS) is 17.2. The maximum atomic E-state index is 12.5. The topological polar surface area (TPSA) is 62.3 Å². The van der Waals surface area contributed by atoms with E-state index in [0.29, 0.717) is 19.0 Å². The number of benzene rings is 1. The highest BCUT2D eigenvalue weighted by Crippen LogP contribution is 2.27. The standard InChI is InChI=1S/C20H25N3O2S/c1-12(2)15-5-7-17(8-6-15)23-11-16(9-19(23)24)20(25)21-10-18-13(3)22-14(4)26-18/h5-8,12,16H,9-11H2,1-4H3,(H,21,25). The zero-order chi connectivity index (χ0) is 18.8. The van der Waals surface area contributed by atoms with Gasteiger partial charge in [-0.15, -0.1) is 11.3 Å². The van der Waals surface area contributed by atoms with Gasteiger partial charge in [0.2, 0.25) is 11.8 Å². The molecule has 2 amide bonds. The van der Waals surface area contributed by atoms with Gasteiger partial charge in [0.25, 0.3) is 0 Å². The second-order valence-electron chi connectivity index (χ2n) is 7.11. The molecule has 1 aromatic heterocycles. The fourth-order valence-corrected chi connectivity index (χ4v) is 4.10. The molecule has 2 aromatic rings. The van der Waals surface area contributed by atoms with Gasteiger partial charge in [-0.25, -0.2) is 4.98 Å². The maximum absolute atomic E-state index is 12.5. The summed E-state index contributed by atoms with van der Waals surface area (Å²) in [5.74, 6) is 0.0923. The van der Waals surface area contributed by atoms with E-state index in [1.165, 1.54) is 5.56 Å². The monoisotopic (exact) mass is 371 g/mol. The van der Waals surface area contributed by atoms with Gasteiger partial charge in [0.15, 0.2) is 0 Å². The quantitative estimate of drug-likeness (QED) is 0.874. The largest absolute Gasteiger partial charge is 0.351 e. The highest BCUT2D eigenvalue weighted by atomic mass is 32.1. The minimum Gasteiger partial charge on any atom is -0.351 e. The van der Waals surface area contributed by atoms with E-state index in [0.717, 1.165) is 21.3 Å². The highest BCUT2D eigenvalue weighted by molar-refractivity contribution is 7.11. The molecule has 0 bridgehead atoms. The Morgan fingerprint density at radius 1 is 1.31 bits per heavy atom. The van der Waals surface area contributed by atoms with Crippen LogP contribution in [-0.4, -0.2) is 23.3 Å². The van der Waals surface area contributed by atoms with Crippen LogP contribution >= 0.6 is 11.3 Å². The number of thiazole rings is 1. The van der Waals surface area contributed by atoms with Gasteiger partial charge in [-0.3, -0.25) is 9.59 Å². The van der Waals surface area contributed by atoms with Crippen molar-refractivity contribution in [2.75, 3.05) is 11.4 Å². The summed E-state index contributed by atoms with van der Waals surface area (Å²) in [6, 6.07) is 8.04. The lowest BCUT2D eigenvalue weighted by Crippen LogP contribution is -2.32. The number of carbonyl (C=O) groups is 2. The van der Waals surface area contributed by atoms with Crippen molar-refractivity contribution in [1.29, 1.82) is 0 Å². The molecular formula is C20H25N3O2S. The Hall–Kier alpha value is -2.21. The molecule has 138 valence electrons. The van der Waals surface area contributed by atoms with Crippen LogP contribution < -0.4 is 10.2 Å². The van der Waals surface area contributed by atoms with Crippen molar-refractivity contribution < 1.29 is 9.59 Å². The number of aryl methyl sites for hydroxylation is 2. The number of nitrogens with zero attached hydrogens (tertiary/aromatic N) is 2. The summed E-state index contributed by atoms with van der Waals surface area (Å²) in [4.78, 5) is 32.0. The van der Waals surface area contributed by atoms with Gasteiger partial charge >= 0.3 is 0 Å². The average Bonchev–Trinajstić information content (AvgIpc) is 3.14. The first-order valence-electron chi connectivity index (χ1n) is 8.96. The van der Waals surface area contributed by atoms with E-state index in [1.54, 1.807) is 16.2 Å². The summed E-state index contributed by atoms with van der Waals surface area (Å²) in [5.41, 5.74) is 3.07. The van der Waals surface area contributed by atoms with E-state index < -0.39 is 0 Å². The molecular weight excluding hydrogens is 346 g/mol. The van der Waals surface area contributed by atoms with E-state index >= 15 is 0 Å². The molecule has 1 N–H and O–H groups in total. The van der Waals surface area contributed by atoms with E-state index in [9.17, 15) is 9.59 Å². The number of amides is 2. The molecule has 1 fully saturated rings. The molecule has 1 unspecified atom stereocenters. The summed E-state index contributed by atoms with van der Waals surface area (Å²) in [5, 5.41) is 3.96. The number of anilines is 1. The Labute approximate surface area is 158 Å². The molecule has 0 aliphatic carbocycles. The number of aromatic nitrogens is 1. The Balaban J connectivity index is 1.61. The Morgan fingerprint density at radius 3 is 2.58 bits per heavy atom. The fraction of sp³-hybridized carbons (Fsp3) is 0.450. The number of hydrogen-bond acceptors (Lipinski definition) is 4. The van der Waals surface area contributed by atoms with Crippen LogP contribution in [0.15, 0.2) is 24.3 Å². The first-order chi connectivity index (χ1) is 12.3. The molecule has 1 aliphatic rings. The van der Waals surface area contributed by atoms with Crippen LogP contribution in [0.5, 0.6) is 0 Å². The van der Waals surface area contributed by atoms with Gasteiger partial charge in [0.05, 0.1) is 23.2 Å². The second-order valence-corrected chi connectivity index (χ2v) is 8.40. The van der Waals surface area contributed by atoms with Crippen LogP contribution in [-0.2, 0) is 16.1 Å². The SMILES string of the molecule is Cc1nc(C)c(CNC(=O)C2CC(=O)N(c3ccc(C(C)C)cc3)C2)s1. The molecule has 0 saturated carbocycles. The lowest BCUT2D eigenvalue weighted by molar-refractivity contribution is -0.126. The summed E-state index contributed by atoms with van der Waals surface area (Å²) in [6.07, 6.45) is 0.262. The Bertz CT molecular complexity index is 811. The second kappa shape index (κ2) is 7.58. The average molecular weight is 372 g/mol. The molecule has 1 aromatic carbocycles. The molecule has 1 atom stereocenters. The zero-order valence-corrected chi connectivity index (χ0v) is 16.5. The van der Waals surface area contributed by atoms with E-state index in [2.05, 4.69) is 36.3 Å². The van der Waals surface area contributed by atoms with Crippen LogP contribution in [0.2, 0.25) is 0 Å². The first kappa shape index (κ1) is 18.6. The van der Waals surface area contributed by atoms with E-state index in [4.69, 9.17) is 0 Å².